The molecule has 0 aliphatic carbocycles. The van der Waals surface area contributed by atoms with Crippen LogP contribution in [-0.2, 0) is 9.59 Å². The zero-order chi connectivity index (χ0) is 12.7. The molecule has 0 aromatic heterocycles. The molecule has 1 amide bonds. The van der Waals surface area contributed by atoms with Crippen molar-refractivity contribution in [3.63, 3.8) is 0 Å². The molecule has 0 fully saturated rings. The number of nitrogens with one attached hydrogen (secondary N) is 1. The van der Waals surface area contributed by atoms with Crippen molar-refractivity contribution in [3.05, 3.63) is 0 Å². The van der Waals surface area contributed by atoms with E-state index in [1.54, 1.807) is 0 Å². The van der Waals surface area contributed by atoms with Crippen molar-refractivity contribution in [1.82, 2.24) is 5.32 Å². The van der Waals surface area contributed by atoms with E-state index in [2.05, 4.69) is 5.32 Å². The number of aliphatic carboxylic acids is 1. The number of hydrogen-bond donors (Lipinski definition) is 3. The number of carboxylic acids is 1. The second-order valence-electron chi connectivity index (χ2n) is 4.53. The van der Waals surface area contributed by atoms with Gasteiger partial charge in [0.2, 0.25) is 5.91 Å². The molecule has 0 spiro atoms. The highest BCUT2D eigenvalue weighted by Crippen LogP contribution is 2.07. The summed E-state index contributed by atoms with van der Waals surface area (Å²) in [4.78, 5) is 22.1. The van der Waals surface area contributed by atoms with Gasteiger partial charge in [-0.1, -0.05) is 13.8 Å². The molecular formula is C11H22N2O3. The molecule has 5 heteroatoms. The predicted octanol–water partition coefficient (Wildman–Crippen LogP) is 0.729. The minimum absolute atomic E-state index is 0.0114. The van der Waals surface area contributed by atoms with Crippen LogP contribution in [0.4, 0.5) is 0 Å². The first-order valence-corrected chi connectivity index (χ1v) is 5.59. The third kappa shape index (κ3) is 7.23. The topological polar surface area (TPSA) is 92.4 Å². The smallest absolute Gasteiger partial charge is 0.305 e. The second-order valence-corrected chi connectivity index (χ2v) is 4.53. The third-order valence-corrected chi connectivity index (χ3v) is 2.37. The lowest BCUT2D eigenvalue weighted by molar-refractivity contribution is -0.138. The summed E-state index contributed by atoms with van der Waals surface area (Å²) in [5, 5.41) is 11.4. The summed E-state index contributed by atoms with van der Waals surface area (Å²) < 4.78 is 0. The van der Waals surface area contributed by atoms with Gasteiger partial charge >= 0.3 is 5.97 Å². The Balaban J connectivity index is 4.08. The van der Waals surface area contributed by atoms with Crippen molar-refractivity contribution in [3.8, 4) is 0 Å². The summed E-state index contributed by atoms with van der Waals surface area (Å²) in [5.41, 5.74) is 5.54. The van der Waals surface area contributed by atoms with Crippen molar-refractivity contribution >= 4 is 11.9 Å². The Morgan fingerprint density at radius 1 is 1.31 bits per heavy atom. The molecule has 0 heterocycles. The van der Waals surface area contributed by atoms with E-state index >= 15 is 0 Å². The van der Waals surface area contributed by atoms with Crippen LogP contribution in [0.25, 0.3) is 0 Å². The van der Waals surface area contributed by atoms with Crippen LogP contribution >= 0.6 is 0 Å². The van der Waals surface area contributed by atoms with Gasteiger partial charge in [0, 0.05) is 18.5 Å². The van der Waals surface area contributed by atoms with Gasteiger partial charge in [-0.15, -0.1) is 0 Å². The molecule has 16 heavy (non-hydrogen) atoms. The number of rotatable bonds is 7. The van der Waals surface area contributed by atoms with Crippen LogP contribution in [0.5, 0.6) is 0 Å². The van der Waals surface area contributed by atoms with Gasteiger partial charge in [0.1, 0.15) is 0 Å². The molecule has 5 nitrogen and oxygen atoms in total. The number of nitrogens with two attached hydrogens (primary N) is 1. The maximum absolute atomic E-state index is 11.5. The summed E-state index contributed by atoms with van der Waals surface area (Å²) in [6.45, 7) is 5.61. The molecule has 0 saturated carbocycles. The number of carboxylic acid groups (broad SMARTS) is 1. The largest absolute Gasteiger partial charge is 0.481 e. The van der Waals surface area contributed by atoms with Crippen molar-refractivity contribution in [2.45, 2.75) is 52.1 Å². The quantitative estimate of drug-likeness (QED) is 0.601. The SMILES string of the molecule is CC(N)CCC(=O)NC(CC(=O)O)C(C)C. The second kappa shape index (κ2) is 7.22. The van der Waals surface area contributed by atoms with Gasteiger partial charge in [0.15, 0.2) is 0 Å². The van der Waals surface area contributed by atoms with Crippen molar-refractivity contribution < 1.29 is 14.7 Å². The van der Waals surface area contributed by atoms with E-state index in [4.69, 9.17) is 10.8 Å². The summed E-state index contributed by atoms with van der Waals surface area (Å²) >= 11 is 0. The Labute approximate surface area is 96.4 Å². The molecule has 0 radical (unpaired) electrons. The Morgan fingerprint density at radius 2 is 1.88 bits per heavy atom. The molecule has 0 rings (SSSR count). The normalized spacial score (nSPS) is 14.6. The third-order valence-electron chi connectivity index (χ3n) is 2.37. The molecule has 0 aromatic carbocycles. The molecular weight excluding hydrogens is 208 g/mol. The van der Waals surface area contributed by atoms with Gasteiger partial charge in [-0.3, -0.25) is 9.59 Å². The van der Waals surface area contributed by atoms with Gasteiger partial charge in [0.25, 0.3) is 0 Å². The molecule has 4 N–H and O–H groups in total. The van der Waals surface area contributed by atoms with E-state index in [-0.39, 0.29) is 30.3 Å². The monoisotopic (exact) mass is 230 g/mol. The highest BCUT2D eigenvalue weighted by atomic mass is 16.4. The standard InChI is InChI=1S/C11H22N2O3/c1-7(2)9(6-11(15)16)13-10(14)5-4-8(3)12/h7-9H,4-6,12H2,1-3H3,(H,13,14)(H,15,16). The predicted molar refractivity (Wildman–Crippen MR) is 61.9 cm³/mol. The highest BCUT2D eigenvalue weighted by Gasteiger charge is 2.19. The average molecular weight is 230 g/mol. The molecule has 0 aliphatic rings. The van der Waals surface area contributed by atoms with Crippen molar-refractivity contribution in [1.29, 1.82) is 0 Å². The maximum atomic E-state index is 11.5. The van der Waals surface area contributed by atoms with E-state index in [0.29, 0.717) is 12.8 Å². The lowest BCUT2D eigenvalue weighted by Crippen LogP contribution is -2.40. The molecule has 0 bridgehead atoms. The van der Waals surface area contributed by atoms with Crippen LogP contribution in [0.1, 0.15) is 40.0 Å². The van der Waals surface area contributed by atoms with Crippen molar-refractivity contribution in [2.75, 3.05) is 0 Å². The van der Waals surface area contributed by atoms with Crippen molar-refractivity contribution in [2.24, 2.45) is 11.7 Å². The fraction of sp³-hybridized carbons (Fsp3) is 0.818. The Morgan fingerprint density at radius 3 is 2.25 bits per heavy atom. The van der Waals surface area contributed by atoms with Gasteiger partial charge in [-0.05, 0) is 19.3 Å². The average Bonchev–Trinajstić information content (AvgIpc) is 2.12. The fourth-order valence-corrected chi connectivity index (χ4v) is 1.28. The molecule has 94 valence electrons. The van der Waals surface area contributed by atoms with E-state index in [9.17, 15) is 9.59 Å². The summed E-state index contributed by atoms with van der Waals surface area (Å²) in [6.07, 6.45) is 0.922. The molecule has 0 aliphatic heterocycles. The van der Waals surface area contributed by atoms with Crippen LogP contribution in [0.15, 0.2) is 0 Å². The first-order chi connectivity index (χ1) is 7.32. The molecule has 0 saturated heterocycles. The van der Waals surface area contributed by atoms with Gasteiger partial charge in [-0.25, -0.2) is 0 Å². The van der Waals surface area contributed by atoms with Crippen LogP contribution in [0.2, 0.25) is 0 Å². The highest BCUT2D eigenvalue weighted by molar-refractivity contribution is 5.77. The van der Waals surface area contributed by atoms with Crippen LogP contribution in [0, 0.1) is 5.92 Å². The van der Waals surface area contributed by atoms with Gasteiger partial charge < -0.3 is 16.2 Å². The zero-order valence-corrected chi connectivity index (χ0v) is 10.2. The van der Waals surface area contributed by atoms with E-state index in [0.717, 1.165) is 0 Å². The van der Waals surface area contributed by atoms with E-state index < -0.39 is 5.97 Å². The maximum Gasteiger partial charge on any atom is 0.305 e. The Kier molecular flexibility index (Phi) is 6.72. The van der Waals surface area contributed by atoms with Crippen LogP contribution in [0.3, 0.4) is 0 Å². The summed E-state index contributed by atoms with van der Waals surface area (Å²) in [7, 11) is 0. The molecule has 0 aromatic rings. The van der Waals surface area contributed by atoms with Crippen LogP contribution < -0.4 is 11.1 Å². The van der Waals surface area contributed by atoms with Crippen LogP contribution in [-0.4, -0.2) is 29.1 Å². The molecule has 2 unspecified atom stereocenters. The Bertz CT molecular complexity index is 239. The van der Waals surface area contributed by atoms with Gasteiger partial charge in [-0.2, -0.15) is 0 Å². The van der Waals surface area contributed by atoms with E-state index in [1.807, 2.05) is 20.8 Å². The number of hydrogen-bond acceptors (Lipinski definition) is 3. The van der Waals surface area contributed by atoms with E-state index in [1.165, 1.54) is 0 Å². The Hall–Kier alpha value is -1.10. The van der Waals surface area contributed by atoms with Gasteiger partial charge in [0.05, 0.1) is 6.42 Å². The lowest BCUT2D eigenvalue weighted by atomic mass is 10.0. The lowest BCUT2D eigenvalue weighted by Gasteiger charge is -2.20. The minimum atomic E-state index is -0.897. The first-order valence-electron chi connectivity index (χ1n) is 5.59. The number of amides is 1. The number of carbonyl (C=O) groups excluding carboxylic acids is 1. The molecule has 2 atom stereocenters. The summed E-state index contributed by atoms with van der Waals surface area (Å²) in [6, 6.07) is -0.319. The number of carbonyl (C=O) groups is 2. The summed E-state index contributed by atoms with van der Waals surface area (Å²) in [5.74, 6) is -0.918. The minimum Gasteiger partial charge on any atom is -0.481 e. The fourth-order valence-electron chi connectivity index (χ4n) is 1.28. The first kappa shape index (κ1) is 14.9. The zero-order valence-electron chi connectivity index (χ0n) is 10.2.